The molecule has 0 atom stereocenters. The van der Waals surface area contributed by atoms with E-state index < -0.39 is 0 Å². The van der Waals surface area contributed by atoms with E-state index in [0.29, 0.717) is 12.4 Å². The van der Waals surface area contributed by atoms with Crippen molar-refractivity contribution in [3.8, 4) is 0 Å². The van der Waals surface area contributed by atoms with Gasteiger partial charge in [-0.2, -0.15) is 0 Å². The molecule has 98 valence electrons. The average molecular weight is 255 g/mol. The van der Waals surface area contributed by atoms with Crippen LogP contribution in [0, 0.1) is 5.41 Å². The highest BCUT2D eigenvalue weighted by atomic mass is 15.2. The van der Waals surface area contributed by atoms with Gasteiger partial charge in [-0.25, -0.2) is 0 Å². The monoisotopic (exact) mass is 255 g/mol. The van der Waals surface area contributed by atoms with Crippen LogP contribution in [0.15, 0.2) is 48.8 Å². The van der Waals surface area contributed by atoms with E-state index in [-0.39, 0.29) is 0 Å². The highest BCUT2D eigenvalue weighted by molar-refractivity contribution is 5.97. The molecule has 0 saturated carbocycles. The lowest BCUT2D eigenvalue weighted by molar-refractivity contribution is 0.857. The number of nitrogens with one attached hydrogen (secondary N) is 3. The lowest BCUT2D eigenvalue weighted by Crippen LogP contribution is -2.25. The maximum atomic E-state index is 7.97. The van der Waals surface area contributed by atoms with Gasteiger partial charge in [0.1, 0.15) is 5.84 Å². The summed E-state index contributed by atoms with van der Waals surface area (Å²) in [6.45, 7) is 0.699. The first-order valence-electron chi connectivity index (χ1n) is 6.08. The van der Waals surface area contributed by atoms with Crippen LogP contribution in [0.2, 0.25) is 0 Å². The Labute approximate surface area is 112 Å². The first-order valence-corrected chi connectivity index (χ1v) is 6.08. The number of nitrogen functional groups attached to an aromatic ring is 1. The molecule has 0 fully saturated rings. The zero-order chi connectivity index (χ0) is 13.5. The second-order valence-electron chi connectivity index (χ2n) is 4.14. The van der Waals surface area contributed by atoms with Crippen molar-refractivity contribution in [3.05, 3.63) is 59.9 Å². The Morgan fingerprint density at radius 2 is 2.16 bits per heavy atom. The number of nitrogens with zero attached hydrogens (tertiary/aromatic N) is 1. The molecule has 2 aromatic rings. The molecular formula is C14H17N5. The smallest absolute Gasteiger partial charge is 0.125 e. The molecule has 0 aliphatic rings. The van der Waals surface area contributed by atoms with Gasteiger partial charge in [-0.3, -0.25) is 16.2 Å². The maximum absolute atomic E-state index is 7.97. The fourth-order valence-corrected chi connectivity index (χ4v) is 1.74. The molecule has 5 heteroatoms. The number of amidine groups is 1. The first kappa shape index (κ1) is 13.0. The number of hydrogen-bond donors (Lipinski definition) is 4. The summed E-state index contributed by atoms with van der Waals surface area (Å²) in [4.78, 5) is 4.06. The van der Waals surface area contributed by atoms with Gasteiger partial charge in [0.05, 0.1) is 0 Å². The fourth-order valence-electron chi connectivity index (χ4n) is 1.74. The Morgan fingerprint density at radius 3 is 2.89 bits per heavy atom. The van der Waals surface area contributed by atoms with E-state index in [1.54, 1.807) is 6.20 Å². The highest BCUT2D eigenvalue weighted by Crippen LogP contribution is 2.08. The summed E-state index contributed by atoms with van der Waals surface area (Å²) < 4.78 is 0. The number of hydrogen-bond acceptors (Lipinski definition) is 4. The van der Waals surface area contributed by atoms with E-state index in [2.05, 4.69) is 15.7 Å². The van der Waals surface area contributed by atoms with Crippen LogP contribution in [-0.2, 0) is 6.42 Å². The summed E-state index contributed by atoms with van der Waals surface area (Å²) >= 11 is 0. The summed E-state index contributed by atoms with van der Waals surface area (Å²) in [5.41, 5.74) is 5.32. The highest BCUT2D eigenvalue weighted by Gasteiger charge is 2.01. The van der Waals surface area contributed by atoms with Gasteiger partial charge in [0.2, 0.25) is 0 Å². The van der Waals surface area contributed by atoms with Crippen molar-refractivity contribution >= 4 is 11.5 Å². The molecule has 0 amide bonds. The quantitative estimate of drug-likeness (QED) is 0.282. The predicted octanol–water partition coefficient (Wildman–Crippen LogP) is 1.52. The van der Waals surface area contributed by atoms with E-state index >= 15 is 0 Å². The van der Waals surface area contributed by atoms with E-state index in [1.807, 2.05) is 42.6 Å². The zero-order valence-corrected chi connectivity index (χ0v) is 10.6. The van der Waals surface area contributed by atoms with Crippen molar-refractivity contribution in [2.24, 2.45) is 5.84 Å². The van der Waals surface area contributed by atoms with Gasteiger partial charge in [0.15, 0.2) is 0 Å². The van der Waals surface area contributed by atoms with E-state index in [4.69, 9.17) is 11.3 Å². The number of nitrogens with two attached hydrogens (primary N) is 1. The number of hydrazine groups is 1. The third-order valence-corrected chi connectivity index (χ3v) is 2.76. The van der Waals surface area contributed by atoms with Crippen LogP contribution < -0.4 is 16.6 Å². The van der Waals surface area contributed by atoms with Crippen molar-refractivity contribution in [3.63, 3.8) is 0 Å². The Hall–Kier alpha value is -2.40. The number of benzene rings is 1. The van der Waals surface area contributed by atoms with Crippen molar-refractivity contribution in [1.82, 2.24) is 10.3 Å². The van der Waals surface area contributed by atoms with Gasteiger partial charge in [0, 0.05) is 30.2 Å². The number of aromatic nitrogens is 1. The molecule has 0 saturated heterocycles. The first-order chi connectivity index (χ1) is 9.29. The second kappa shape index (κ2) is 6.51. The van der Waals surface area contributed by atoms with Crippen molar-refractivity contribution in [2.45, 2.75) is 6.42 Å². The molecule has 1 aromatic carbocycles. The molecule has 5 nitrogen and oxygen atoms in total. The van der Waals surface area contributed by atoms with Gasteiger partial charge in [-0.15, -0.1) is 0 Å². The lowest BCUT2D eigenvalue weighted by Gasteiger charge is -2.09. The van der Waals surface area contributed by atoms with Gasteiger partial charge >= 0.3 is 0 Å². The standard InChI is InChI=1S/C14H17N5/c15-14(12-4-1-5-13(9-12)19-16)18-8-6-11-3-2-7-17-10-11/h1-5,7,9-10,19H,6,8,16H2,(H2,15,18). The van der Waals surface area contributed by atoms with Crippen LogP contribution in [0.3, 0.4) is 0 Å². The molecule has 5 N–H and O–H groups in total. The van der Waals surface area contributed by atoms with Crippen molar-refractivity contribution in [2.75, 3.05) is 12.0 Å². The predicted molar refractivity (Wildman–Crippen MR) is 77.0 cm³/mol. The summed E-state index contributed by atoms with van der Waals surface area (Å²) in [5, 5.41) is 11.1. The molecule has 19 heavy (non-hydrogen) atoms. The Bertz CT molecular complexity index is 539. The van der Waals surface area contributed by atoms with Gasteiger partial charge < -0.3 is 10.7 Å². The normalized spacial score (nSPS) is 9.95. The molecule has 0 spiro atoms. The molecule has 1 aromatic heterocycles. The summed E-state index contributed by atoms with van der Waals surface area (Å²) in [6, 6.07) is 11.4. The lowest BCUT2D eigenvalue weighted by atomic mass is 10.1. The minimum atomic E-state index is 0.390. The van der Waals surface area contributed by atoms with E-state index in [9.17, 15) is 0 Å². The molecular weight excluding hydrogens is 238 g/mol. The summed E-state index contributed by atoms with van der Waals surface area (Å²) in [5.74, 6) is 5.74. The largest absolute Gasteiger partial charge is 0.370 e. The number of pyridine rings is 1. The minimum Gasteiger partial charge on any atom is -0.370 e. The second-order valence-corrected chi connectivity index (χ2v) is 4.14. The van der Waals surface area contributed by atoms with E-state index in [1.165, 1.54) is 0 Å². The maximum Gasteiger partial charge on any atom is 0.125 e. The number of anilines is 1. The molecule has 0 aliphatic heterocycles. The topological polar surface area (TPSA) is 86.8 Å². The fraction of sp³-hybridized carbons (Fsp3) is 0.143. The average Bonchev–Trinajstić information content (AvgIpc) is 2.48. The van der Waals surface area contributed by atoms with Gasteiger partial charge in [-0.1, -0.05) is 18.2 Å². The summed E-state index contributed by atoms with van der Waals surface area (Å²) in [7, 11) is 0. The minimum absolute atomic E-state index is 0.390. The molecule has 2 rings (SSSR count). The van der Waals surface area contributed by atoms with Crippen molar-refractivity contribution in [1.29, 1.82) is 5.41 Å². The van der Waals surface area contributed by atoms with Crippen LogP contribution in [0.5, 0.6) is 0 Å². The van der Waals surface area contributed by atoms with Crippen LogP contribution in [0.1, 0.15) is 11.1 Å². The Balaban J connectivity index is 1.87. The van der Waals surface area contributed by atoms with Crippen LogP contribution in [0.4, 0.5) is 5.69 Å². The SMILES string of the molecule is N=C(NCCc1cccnc1)c1cccc(NN)c1. The third kappa shape index (κ3) is 3.79. The van der Waals surface area contributed by atoms with Crippen LogP contribution >= 0.6 is 0 Å². The summed E-state index contributed by atoms with van der Waals surface area (Å²) in [6.07, 6.45) is 4.43. The van der Waals surface area contributed by atoms with Gasteiger partial charge in [-0.05, 0) is 30.2 Å². The molecule has 1 heterocycles. The zero-order valence-electron chi connectivity index (χ0n) is 10.6. The van der Waals surface area contributed by atoms with Gasteiger partial charge in [0.25, 0.3) is 0 Å². The Kier molecular flexibility index (Phi) is 4.47. The third-order valence-electron chi connectivity index (χ3n) is 2.76. The van der Waals surface area contributed by atoms with Crippen LogP contribution in [-0.4, -0.2) is 17.4 Å². The molecule has 0 unspecified atom stereocenters. The van der Waals surface area contributed by atoms with Crippen molar-refractivity contribution < 1.29 is 0 Å². The molecule has 0 aliphatic carbocycles. The van der Waals surface area contributed by atoms with E-state index in [0.717, 1.165) is 23.2 Å². The number of rotatable bonds is 5. The Morgan fingerprint density at radius 1 is 1.26 bits per heavy atom. The molecule has 0 radical (unpaired) electrons. The molecule has 0 bridgehead atoms. The van der Waals surface area contributed by atoms with Crippen LogP contribution in [0.25, 0.3) is 0 Å².